The number of unbranched alkanes of at least 4 members (excludes halogenated alkanes) is 4. The molecule has 0 aromatic heterocycles. The fraction of sp³-hybridized carbons (Fsp3) is 0.750. The first kappa shape index (κ1) is 26.9. The molecule has 0 amide bonds. The fourth-order valence-corrected chi connectivity index (χ4v) is 3.95. The van der Waals surface area contributed by atoms with Crippen molar-refractivity contribution in [3.8, 4) is 0 Å². The van der Waals surface area contributed by atoms with Gasteiger partial charge in [0, 0.05) is 9.79 Å². The van der Waals surface area contributed by atoms with Crippen LogP contribution in [0.5, 0.6) is 0 Å². The van der Waals surface area contributed by atoms with E-state index in [1.165, 1.54) is 93.2 Å². The Kier molecular flexibility index (Phi) is 15.7. The van der Waals surface area contributed by atoms with Gasteiger partial charge in [-0.25, -0.2) is 0 Å². The Morgan fingerprint density at radius 1 is 0.593 bits per heavy atom. The number of hydrogen-bond acceptors (Lipinski definition) is 2. The third kappa shape index (κ3) is 11.5. The quantitative estimate of drug-likeness (QED) is 0.253. The summed E-state index contributed by atoms with van der Waals surface area (Å²) in [7, 11) is 0. The number of rotatable bonds is 12. The number of thiol groups is 2. The summed E-state index contributed by atoms with van der Waals surface area (Å²) in [4.78, 5) is 1.90. The molecule has 1 aromatic rings. The topological polar surface area (TPSA) is 0 Å². The van der Waals surface area contributed by atoms with Gasteiger partial charge in [-0.3, -0.25) is 0 Å². The predicted molar refractivity (Wildman–Crippen MR) is 130 cm³/mol. The number of aryl methyl sites for hydroxylation is 2. The molecule has 0 saturated carbocycles. The Hall–Kier alpha value is -0.120. The van der Waals surface area contributed by atoms with Gasteiger partial charge >= 0.3 is 0 Å². The molecule has 0 fully saturated rings. The second-order valence-corrected chi connectivity index (χ2v) is 9.04. The van der Waals surface area contributed by atoms with Gasteiger partial charge in [-0.2, -0.15) is 0 Å². The second-order valence-electron chi connectivity index (χ2n) is 8.08. The Balaban J connectivity index is 0.000000569. The molecule has 0 unspecified atom stereocenters. The van der Waals surface area contributed by atoms with Crippen molar-refractivity contribution in [1.29, 1.82) is 0 Å². The summed E-state index contributed by atoms with van der Waals surface area (Å²) < 4.78 is 1.42. The zero-order valence-corrected chi connectivity index (χ0v) is 20.8. The van der Waals surface area contributed by atoms with Crippen LogP contribution in [0.25, 0.3) is 0 Å². The monoisotopic (exact) mass is 412 g/mol. The van der Waals surface area contributed by atoms with Crippen LogP contribution >= 0.6 is 25.3 Å². The maximum Gasteiger partial charge on any atom is 0.0786 e. The lowest BCUT2D eigenvalue weighted by atomic mass is 10.1. The molecule has 158 valence electrons. The van der Waals surface area contributed by atoms with Crippen LogP contribution in [0.4, 0.5) is 0 Å². The lowest BCUT2D eigenvalue weighted by molar-refractivity contribution is -0.929. The van der Waals surface area contributed by atoms with E-state index in [-0.39, 0.29) is 0 Å². The standard InChI is InChI=1S/C16H36N.C8H10S2/c1-5-9-13-17(14-10-6-2,15-11-7-3)16-12-8-4;1-5-3-7(9)8(10)4-6(5)2/h5-16H2,1-4H3;3-4,9-10H,1-2H3/q+1;. The molecule has 0 saturated heterocycles. The van der Waals surface area contributed by atoms with E-state index in [1.807, 2.05) is 12.1 Å². The van der Waals surface area contributed by atoms with Crippen LogP contribution < -0.4 is 0 Å². The molecule has 1 rings (SSSR count). The van der Waals surface area contributed by atoms with E-state index in [9.17, 15) is 0 Å². The van der Waals surface area contributed by atoms with Crippen LogP contribution in [0.2, 0.25) is 0 Å². The van der Waals surface area contributed by atoms with E-state index in [2.05, 4.69) is 66.8 Å². The first-order chi connectivity index (χ1) is 12.9. The first-order valence-corrected chi connectivity index (χ1v) is 12.1. The summed E-state index contributed by atoms with van der Waals surface area (Å²) in [6, 6.07) is 4.06. The van der Waals surface area contributed by atoms with Crippen LogP contribution in [-0.2, 0) is 0 Å². The highest BCUT2D eigenvalue weighted by molar-refractivity contribution is 7.83. The molecule has 27 heavy (non-hydrogen) atoms. The average molecular weight is 413 g/mol. The van der Waals surface area contributed by atoms with Gasteiger partial charge in [0.1, 0.15) is 0 Å². The van der Waals surface area contributed by atoms with Gasteiger partial charge in [-0.05, 0) is 62.8 Å². The molecule has 1 nitrogen and oxygen atoms in total. The summed E-state index contributed by atoms with van der Waals surface area (Å²) in [5.74, 6) is 0. The Morgan fingerprint density at radius 3 is 1.07 bits per heavy atom. The highest BCUT2D eigenvalue weighted by Gasteiger charge is 2.24. The fourth-order valence-electron chi connectivity index (χ4n) is 3.43. The third-order valence-corrected chi connectivity index (χ3v) is 6.45. The minimum absolute atomic E-state index is 0.950. The lowest BCUT2D eigenvalue weighted by Gasteiger charge is -2.39. The number of benzene rings is 1. The van der Waals surface area contributed by atoms with Crippen molar-refractivity contribution in [3.63, 3.8) is 0 Å². The smallest absolute Gasteiger partial charge is 0.0786 e. The van der Waals surface area contributed by atoms with Crippen molar-refractivity contribution in [1.82, 2.24) is 0 Å². The molecule has 0 heterocycles. The molecular weight excluding hydrogens is 366 g/mol. The van der Waals surface area contributed by atoms with Gasteiger partial charge in [-0.15, -0.1) is 25.3 Å². The van der Waals surface area contributed by atoms with Crippen LogP contribution in [0, 0.1) is 13.8 Å². The van der Waals surface area contributed by atoms with Gasteiger partial charge in [0.25, 0.3) is 0 Å². The summed E-state index contributed by atoms with van der Waals surface area (Å²) >= 11 is 8.48. The number of nitrogens with zero attached hydrogens (tertiary/aromatic N) is 1. The largest absolute Gasteiger partial charge is 0.324 e. The molecule has 0 aliphatic carbocycles. The Bertz CT molecular complexity index is 412. The van der Waals surface area contributed by atoms with E-state index < -0.39 is 0 Å². The van der Waals surface area contributed by atoms with Crippen molar-refractivity contribution in [3.05, 3.63) is 23.3 Å². The molecule has 0 atom stereocenters. The van der Waals surface area contributed by atoms with Crippen LogP contribution in [0.15, 0.2) is 21.9 Å². The molecule has 0 spiro atoms. The highest BCUT2D eigenvalue weighted by Crippen LogP contribution is 2.21. The SMILES string of the molecule is CCCC[N+](CCCC)(CCCC)CCCC.Cc1cc(S)c(S)cc1C. The molecule has 0 aliphatic heterocycles. The van der Waals surface area contributed by atoms with E-state index in [0.717, 1.165) is 9.79 Å². The number of hydrogen-bond donors (Lipinski definition) is 2. The summed E-state index contributed by atoms with van der Waals surface area (Å²) in [6.07, 6.45) is 11.1. The summed E-state index contributed by atoms with van der Waals surface area (Å²) in [5.41, 5.74) is 2.53. The zero-order chi connectivity index (χ0) is 20.7. The van der Waals surface area contributed by atoms with Crippen molar-refractivity contribution >= 4 is 25.3 Å². The number of quaternary nitrogens is 1. The van der Waals surface area contributed by atoms with Crippen molar-refractivity contribution in [2.75, 3.05) is 26.2 Å². The summed E-state index contributed by atoms with van der Waals surface area (Å²) in [6.45, 7) is 19.2. The van der Waals surface area contributed by atoms with E-state index in [0.29, 0.717) is 0 Å². The Morgan fingerprint density at radius 2 is 0.852 bits per heavy atom. The maximum atomic E-state index is 4.24. The van der Waals surface area contributed by atoms with Gasteiger partial charge in [-0.1, -0.05) is 53.4 Å². The normalized spacial score (nSPS) is 11.3. The van der Waals surface area contributed by atoms with Crippen LogP contribution in [0.1, 0.15) is 90.2 Å². The predicted octanol–water partition coefficient (Wildman–Crippen LogP) is 7.88. The molecular formula is C24H46NS2+. The van der Waals surface area contributed by atoms with Gasteiger partial charge in [0.2, 0.25) is 0 Å². The minimum atomic E-state index is 0.950. The van der Waals surface area contributed by atoms with E-state index in [1.54, 1.807) is 0 Å². The molecule has 0 radical (unpaired) electrons. The van der Waals surface area contributed by atoms with Crippen molar-refractivity contribution in [2.24, 2.45) is 0 Å². The maximum absolute atomic E-state index is 4.24. The average Bonchev–Trinajstić information content (AvgIpc) is 2.66. The van der Waals surface area contributed by atoms with Crippen LogP contribution in [-0.4, -0.2) is 30.7 Å². The molecule has 1 aromatic carbocycles. The first-order valence-electron chi connectivity index (χ1n) is 11.2. The van der Waals surface area contributed by atoms with Gasteiger partial charge < -0.3 is 4.48 Å². The second kappa shape index (κ2) is 15.8. The zero-order valence-electron chi connectivity index (χ0n) is 19.0. The molecule has 0 aliphatic rings. The molecule has 3 heteroatoms. The highest BCUT2D eigenvalue weighted by atomic mass is 32.1. The third-order valence-electron chi connectivity index (χ3n) is 5.53. The molecule has 0 bridgehead atoms. The van der Waals surface area contributed by atoms with Gasteiger partial charge in [0.05, 0.1) is 26.2 Å². The lowest BCUT2D eigenvalue weighted by Crippen LogP contribution is -2.50. The summed E-state index contributed by atoms with van der Waals surface area (Å²) in [5, 5.41) is 0. The molecule has 0 N–H and O–H groups in total. The minimum Gasteiger partial charge on any atom is -0.324 e. The Labute approximate surface area is 181 Å². The van der Waals surface area contributed by atoms with Crippen molar-refractivity contribution in [2.45, 2.75) is 103 Å². The van der Waals surface area contributed by atoms with Crippen molar-refractivity contribution < 1.29 is 4.48 Å². The van der Waals surface area contributed by atoms with E-state index in [4.69, 9.17) is 0 Å². The van der Waals surface area contributed by atoms with Gasteiger partial charge in [0.15, 0.2) is 0 Å². The van der Waals surface area contributed by atoms with Crippen LogP contribution in [0.3, 0.4) is 0 Å². The van der Waals surface area contributed by atoms with E-state index >= 15 is 0 Å².